The smallest absolute Gasteiger partial charge is 0.321 e. The first-order valence-electron chi connectivity index (χ1n) is 6.62. The topological polar surface area (TPSA) is 95.5 Å². The number of carboxylic acid groups (broad SMARTS) is 1. The molecule has 1 aliphatic rings. The molecule has 108 valence electrons. The van der Waals surface area contributed by atoms with Crippen LogP contribution in [0.25, 0.3) is 0 Å². The van der Waals surface area contributed by atoms with Crippen LogP contribution >= 0.6 is 0 Å². The number of hydrogen-bond acceptors (Lipinski definition) is 3. The zero-order valence-electron chi connectivity index (χ0n) is 11.5. The van der Waals surface area contributed by atoms with E-state index < -0.39 is 23.3 Å². The van der Waals surface area contributed by atoms with Gasteiger partial charge in [0.05, 0.1) is 5.41 Å². The number of aliphatic carboxylic acids is 1. The van der Waals surface area contributed by atoms with Crippen molar-refractivity contribution in [3.8, 4) is 0 Å². The summed E-state index contributed by atoms with van der Waals surface area (Å²) >= 11 is 0. The monoisotopic (exact) mass is 270 g/mol. The summed E-state index contributed by atoms with van der Waals surface area (Å²) < 4.78 is 0. The Bertz CT molecular complexity index is 362. The fraction of sp³-hybridized carbons (Fsp3) is 0.769. The number of carboxylic acids is 1. The molecule has 1 fully saturated rings. The van der Waals surface area contributed by atoms with Crippen LogP contribution in [0.15, 0.2) is 0 Å². The van der Waals surface area contributed by atoms with Crippen LogP contribution in [-0.2, 0) is 9.59 Å². The van der Waals surface area contributed by atoms with Crippen LogP contribution in [0.1, 0.15) is 46.0 Å². The van der Waals surface area contributed by atoms with Crippen molar-refractivity contribution in [3.05, 3.63) is 0 Å². The third-order valence-corrected chi connectivity index (χ3v) is 3.50. The summed E-state index contributed by atoms with van der Waals surface area (Å²) in [4.78, 5) is 33.8. The number of urea groups is 1. The molecular formula is C13H22N2O4. The van der Waals surface area contributed by atoms with E-state index in [0.717, 1.165) is 6.42 Å². The van der Waals surface area contributed by atoms with Gasteiger partial charge in [-0.3, -0.25) is 14.9 Å². The maximum atomic E-state index is 11.5. The van der Waals surface area contributed by atoms with Gasteiger partial charge in [-0.1, -0.05) is 19.3 Å². The molecule has 6 heteroatoms. The summed E-state index contributed by atoms with van der Waals surface area (Å²) in [5, 5.41) is 13.6. The zero-order valence-corrected chi connectivity index (χ0v) is 11.5. The van der Waals surface area contributed by atoms with Crippen molar-refractivity contribution in [1.82, 2.24) is 10.6 Å². The van der Waals surface area contributed by atoms with Crippen LogP contribution in [0, 0.1) is 11.3 Å². The molecule has 0 bridgehead atoms. The van der Waals surface area contributed by atoms with Gasteiger partial charge in [-0.25, -0.2) is 4.79 Å². The SMILES string of the molecule is CC(C)(CC(=O)NC(=O)NCCC1CCC1)C(=O)O. The molecule has 0 aromatic carbocycles. The predicted octanol–water partition coefficient (Wildman–Crippen LogP) is 1.50. The average molecular weight is 270 g/mol. The van der Waals surface area contributed by atoms with Crippen LogP contribution in [0.4, 0.5) is 4.79 Å². The normalized spacial score (nSPS) is 15.5. The predicted molar refractivity (Wildman–Crippen MR) is 69.5 cm³/mol. The van der Waals surface area contributed by atoms with Gasteiger partial charge in [0.2, 0.25) is 5.91 Å². The summed E-state index contributed by atoms with van der Waals surface area (Å²) in [6.45, 7) is 3.44. The van der Waals surface area contributed by atoms with Crippen LogP contribution < -0.4 is 10.6 Å². The summed E-state index contributed by atoms with van der Waals surface area (Å²) in [5.74, 6) is -0.941. The Kier molecular flexibility index (Phi) is 5.32. The highest BCUT2D eigenvalue weighted by atomic mass is 16.4. The maximum Gasteiger partial charge on any atom is 0.321 e. The number of amides is 3. The third kappa shape index (κ3) is 5.28. The lowest BCUT2D eigenvalue weighted by Gasteiger charge is -2.25. The number of carbonyl (C=O) groups is 3. The Balaban J connectivity index is 2.19. The zero-order chi connectivity index (χ0) is 14.5. The molecule has 0 atom stereocenters. The molecule has 3 N–H and O–H groups in total. The molecule has 1 rings (SSSR count). The van der Waals surface area contributed by atoms with Gasteiger partial charge >= 0.3 is 12.0 Å². The molecule has 0 spiro atoms. The number of hydrogen-bond donors (Lipinski definition) is 3. The Hall–Kier alpha value is -1.59. The Morgan fingerprint density at radius 2 is 1.89 bits per heavy atom. The highest BCUT2D eigenvalue weighted by molar-refractivity contribution is 5.96. The number of imide groups is 1. The fourth-order valence-corrected chi connectivity index (χ4v) is 1.86. The highest BCUT2D eigenvalue weighted by Gasteiger charge is 2.30. The molecule has 0 aromatic rings. The van der Waals surface area contributed by atoms with Gasteiger partial charge in [0.15, 0.2) is 0 Å². The molecule has 1 aliphatic carbocycles. The molecule has 0 radical (unpaired) electrons. The Labute approximate surface area is 112 Å². The van der Waals surface area contributed by atoms with Gasteiger partial charge in [0.25, 0.3) is 0 Å². The minimum atomic E-state index is -1.17. The standard InChI is InChI=1S/C13H22N2O4/c1-13(2,11(17)18)8-10(16)15-12(19)14-7-6-9-4-3-5-9/h9H,3-8H2,1-2H3,(H,17,18)(H2,14,15,16,19). The largest absolute Gasteiger partial charge is 0.481 e. The lowest BCUT2D eigenvalue weighted by molar-refractivity contribution is -0.149. The maximum absolute atomic E-state index is 11.5. The molecule has 1 saturated carbocycles. The first-order valence-corrected chi connectivity index (χ1v) is 6.62. The summed E-state index contributed by atoms with van der Waals surface area (Å²) in [6, 6.07) is -0.550. The van der Waals surface area contributed by atoms with Gasteiger partial charge in [0, 0.05) is 13.0 Å². The first kappa shape index (κ1) is 15.5. The van der Waals surface area contributed by atoms with E-state index in [9.17, 15) is 14.4 Å². The Morgan fingerprint density at radius 3 is 2.37 bits per heavy atom. The van der Waals surface area contributed by atoms with Crippen molar-refractivity contribution in [3.63, 3.8) is 0 Å². The van der Waals surface area contributed by atoms with Crippen molar-refractivity contribution in [2.75, 3.05) is 6.54 Å². The molecule has 6 nitrogen and oxygen atoms in total. The van der Waals surface area contributed by atoms with E-state index in [4.69, 9.17) is 5.11 Å². The van der Waals surface area contributed by atoms with Crippen LogP contribution in [-0.4, -0.2) is 29.6 Å². The van der Waals surface area contributed by atoms with Crippen molar-refractivity contribution in [2.24, 2.45) is 11.3 Å². The second-order valence-corrected chi connectivity index (χ2v) is 5.76. The van der Waals surface area contributed by atoms with E-state index in [-0.39, 0.29) is 6.42 Å². The second-order valence-electron chi connectivity index (χ2n) is 5.76. The lowest BCUT2D eigenvalue weighted by Crippen LogP contribution is -2.42. The molecular weight excluding hydrogens is 248 g/mol. The van der Waals surface area contributed by atoms with E-state index >= 15 is 0 Å². The van der Waals surface area contributed by atoms with E-state index in [2.05, 4.69) is 10.6 Å². The van der Waals surface area contributed by atoms with Crippen molar-refractivity contribution < 1.29 is 19.5 Å². The van der Waals surface area contributed by atoms with Gasteiger partial charge in [-0.05, 0) is 26.2 Å². The van der Waals surface area contributed by atoms with E-state index in [1.54, 1.807) is 0 Å². The van der Waals surface area contributed by atoms with Crippen molar-refractivity contribution in [2.45, 2.75) is 46.0 Å². The second kappa shape index (κ2) is 6.54. The first-order chi connectivity index (χ1) is 8.81. The average Bonchev–Trinajstić information content (AvgIpc) is 2.20. The fourth-order valence-electron chi connectivity index (χ4n) is 1.86. The Morgan fingerprint density at radius 1 is 1.26 bits per heavy atom. The summed E-state index contributed by atoms with van der Waals surface area (Å²) in [7, 11) is 0. The van der Waals surface area contributed by atoms with Crippen LogP contribution in [0.3, 0.4) is 0 Å². The van der Waals surface area contributed by atoms with Gasteiger partial charge < -0.3 is 10.4 Å². The molecule has 19 heavy (non-hydrogen) atoms. The molecule has 3 amide bonds. The summed E-state index contributed by atoms with van der Waals surface area (Å²) in [6.07, 6.45) is 4.41. The molecule has 0 saturated heterocycles. The lowest BCUT2D eigenvalue weighted by atomic mass is 9.83. The minimum Gasteiger partial charge on any atom is -0.481 e. The molecule has 0 unspecified atom stereocenters. The number of nitrogens with one attached hydrogen (secondary N) is 2. The number of carbonyl (C=O) groups excluding carboxylic acids is 2. The summed E-state index contributed by atoms with van der Waals surface area (Å²) in [5.41, 5.74) is -1.17. The molecule has 0 heterocycles. The van der Waals surface area contributed by atoms with Crippen molar-refractivity contribution in [1.29, 1.82) is 0 Å². The highest BCUT2D eigenvalue weighted by Crippen LogP contribution is 2.28. The van der Waals surface area contributed by atoms with Crippen LogP contribution in [0.5, 0.6) is 0 Å². The van der Waals surface area contributed by atoms with Gasteiger partial charge in [0.1, 0.15) is 0 Å². The van der Waals surface area contributed by atoms with Gasteiger partial charge in [-0.15, -0.1) is 0 Å². The van der Waals surface area contributed by atoms with E-state index in [1.165, 1.54) is 33.1 Å². The van der Waals surface area contributed by atoms with E-state index in [0.29, 0.717) is 12.5 Å². The van der Waals surface area contributed by atoms with Gasteiger partial charge in [-0.2, -0.15) is 0 Å². The van der Waals surface area contributed by atoms with Crippen LogP contribution in [0.2, 0.25) is 0 Å². The third-order valence-electron chi connectivity index (χ3n) is 3.50. The minimum absolute atomic E-state index is 0.224. The number of rotatable bonds is 6. The molecule has 0 aliphatic heterocycles. The van der Waals surface area contributed by atoms with Crippen molar-refractivity contribution >= 4 is 17.9 Å². The van der Waals surface area contributed by atoms with E-state index in [1.807, 2.05) is 0 Å². The quantitative estimate of drug-likeness (QED) is 0.681. The molecule has 0 aromatic heterocycles.